The van der Waals surface area contributed by atoms with Crippen molar-refractivity contribution in [1.29, 1.82) is 0 Å². The molecule has 152 valence electrons. The lowest BCUT2D eigenvalue weighted by atomic mass is 10.0. The third-order valence-corrected chi connectivity index (χ3v) is 5.83. The molecule has 0 spiro atoms. The van der Waals surface area contributed by atoms with Crippen molar-refractivity contribution < 1.29 is 13.2 Å². The van der Waals surface area contributed by atoms with E-state index in [0.29, 0.717) is 25.1 Å². The average Bonchev–Trinajstić information content (AvgIpc) is 2.62. The standard InChI is InChI=1S/C22H30N2O3S/c1-17-13-18(2)15-21(14-17)24(28(4,26)27)12-8-11-22(25)23-16-19(3)20-9-6-5-7-10-20/h5-7,9-10,13-15,19H,8,11-12,16H2,1-4H3,(H,23,25). The lowest BCUT2D eigenvalue weighted by molar-refractivity contribution is -0.121. The van der Waals surface area contributed by atoms with E-state index in [1.165, 1.54) is 16.1 Å². The maximum atomic E-state index is 12.2. The molecule has 0 aliphatic rings. The topological polar surface area (TPSA) is 66.5 Å². The monoisotopic (exact) mass is 402 g/mol. The first-order chi connectivity index (χ1) is 13.2. The van der Waals surface area contributed by atoms with Crippen LogP contribution < -0.4 is 9.62 Å². The number of sulfonamides is 1. The second-order valence-electron chi connectivity index (χ2n) is 7.40. The molecule has 1 N–H and O–H groups in total. The molecule has 0 fully saturated rings. The van der Waals surface area contributed by atoms with Gasteiger partial charge >= 0.3 is 0 Å². The van der Waals surface area contributed by atoms with E-state index in [1.54, 1.807) is 0 Å². The van der Waals surface area contributed by atoms with Gasteiger partial charge < -0.3 is 5.32 Å². The van der Waals surface area contributed by atoms with Gasteiger partial charge in [-0.3, -0.25) is 9.10 Å². The number of amides is 1. The highest BCUT2D eigenvalue weighted by Crippen LogP contribution is 2.22. The Bertz CT molecular complexity index is 875. The Morgan fingerprint density at radius 1 is 1.07 bits per heavy atom. The number of hydrogen-bond acceptors (Lipinski definition) is 3. The molecule has 1 unspecified atom stereocenters. The number of hydrogen-bond donors (Lipinski definition) is 1. The van der Waals surface area contributed by atoms with Crippen LogP contribution in [0.1, 0.15) is 42.4 Å². The quantitative estimate of drug-likeness (QED) is 0.694. The van der Waals surface area contributed by atoms with E-state index in [4.69, 9.17) is 0 Å². The second kappa shape index (κ2) is 9.73. The van der Waals surface area contributed by atoms with Crippen LogP contribution in [0.15, 0.2) is 48.5 Å². The lowest BCUT2D eigenvalue weighted by Gasteiger charge is -2.23. The van der Waals surface area contributed by atoms with E-state index in [2.05, 4.69) is 12.2 Å². The van der Waals surface area contributed by atoms with Gasteiger partial charge in [0.05, 0.1) is 11.9 Å². The summed E-state index contributed by atoms with van der Waals surface area (Å²) >= 11 is 0. The van der Waals surface area contributed by atoms with Crippen LogP contribution in [0.25, 0.3) is 0 Å². The number of rotatable bonds is 9. The normalized spacial score (nSPS) is 12.4. The summed E-state index contributed by atoms with van der Waals surface area (Å²) in [5.74, 6) is 0.171. The summed E-state index contributed by atoms with van der Waals surface area (Å²) in [6.07, 6.45) is 1.95. The molecule has 0 aliphatic heterocycles. The fourth-order valence-electron chi connectivity index (χ4n) is 3.22. The van der Waals surface area contributed by atoms with Crippen molar-refractivity contribution in [3.63, 3.8) is 0 Å². The molecule has 0 bridgehead atoms. The number of carbonyl (C=O) groups is 1. The van der Waals surface area contributed by atoms with Crippen molar-refractivity contribution in [2.45, 2.75) is 39.5 Å². The molecule has 1 atom stereocenters. The zero-order chi connectivity index (χ0) is 20.7. The molecule has 0 saturated carbocycles. The summed E-state index contributed by atoms with van der Waals surface area (Å²) in [6, 6.07) is 15.8. The van der Waals surface area contributed by atoms with Crippen molar-refractivity contribution in [2.75, 3.05) is 23.7 Å². The fraction of sp³-hybridized carbons (Fsp3) is 0.409. The van der Waals surface area contributed by atoms with Crippen molar-refractivity contribution in [3.05, 3.63) is 65.2 Å². The summed E-state index contributed by atoms with van der Waals surface area (Å²) in [6.45, 7) is 6.80. The maximum absolute atomic E-state index is 12.2. The zero-order valence-corrected chi connectivity index (χ0v) is 17.9. The third kappa shape index (κ3) is 6.68. The van der Waals surface area contributed by atoms with E-state index >= 15 is 0 Å². The molecule has 2 aromatic carbocycles. The molecule has 0 aliphatic carbocycles. The first-order valence-electron chi connectivity index (χ1n) is 9.54. The molecule has 0 saturated heterocycles. The van der Waals surface area contributed by atoms with Gasteiger partial charge in [-0.15, -0.1) is 0 Å². The predicted molar refractivity (Wildman–Crippen MR) is 115 cm³/mol. The molecule has 2 rings (SSSR count). The molecule has 2 aromatic rings. The van der Waals surface area contributed by atoms with Crippen molar-refractivity contribution >= 4 is 21.6 Å². The van der Waals surface area contributed by atoms with E-state index in [1.807, 2.05) is 62.4 Å². The first-order valence-corrected chi connectivity index (χ1v) is 11.4. The number of aryl methyl sites for hydroxylation is 2. The van der Waals surface area contributed by atoms with Crippen LogP contribution >= 0.6 is 0 Å². The zero-order valence-electron chi connectivity index (χ0n) is 17.1. The Kier molecular flexibility index (Phi) is 7.63. The molecule has 5 nitrogen and oxygen atoms in total. The fourth-order valence-corrected chi connectivity index (χ4v) is 4.17. The summed E-state index contributed by atoms with van der Waals surface area (Å²) < 4.78 is 25.8. The highest BCUT2D eigenvalue weighted by Gasteiger charge is 2.18. The van der Waals surface area contributed by atoms with Crippen LogP contribution in [-0.2, 0) is 14.8 Å². The highest BCUT2D eigenvalue weighted by atomic mass is 32.2. The van der Waals surface area contributed by atoms with Crippen molar-refractivity contribution in [2.24, 2.45) is 0 Å². The van der Waals surface area contributed by atoms with Gasteiger partial charge in [0.1, 0.15) is 0 Å². The summed E-state index contributed by atoms with van der Waals surface area (Å²) in [7, 11) is -3.41. The van der Waals surface area contributed by atoms with Crippen LogP contribution in [0, 0.1) is 13.8 Å². The van der Waals surface area contributed by atoms with Gasteiger partial charge in [0.15, 0.2) is 0 Å². The van der Waals surface area contributed by atoms with E-state index < -0.39 is 10.0 Å². The van der Waals surface area contributed by atoms with Crippen LogP contribution in [0.5, 0.6) is 0 Å². The molecule has 1 amide bonds. The van der Waals surface area contributed by atoms with E-state index in [0.717, 1.165) is 11.1 Å². The van der Waals surface area contributed by atoms with Crippen LogP contribution in [0.2, 0.25) is 0 Å². The summed E-state index contributed by atoms with van der Waals surface area (Å²) in [5.41, 5.74) is 3.85. The third-order valence-electron chi connectivity index (χ3n) is 4.63. The number of benzene rings is 2. The Morgan fingerprint density at radius 2 is 1.68 bits per heavy atom. The Morgan fingerprint density at radius 3 is 2.25 bits per heavy atom. The average molecular weight is 403 g/mol. The molecule has 0 radical (unpaired) electrons. The van der Waals surface area contributed by atoms with Gasteiger partial charge in [0, 0.05) is 19.5 Å². The highest BCUT2D eigenvalue weighted by molar-refractivity contribution is 7.92. The van der Waals surface area contributed by atoms with Gasteiger partial charge in [-0.2, -0.15) is 0 Å². The molecule has 6 heteroatoms. The van der Waals surface area contributed by atoms with Crippen LogP contribution in [0.4, 0.5) is 5.69 Å². The number of carbonyl (C=O) groups excluding carboxylic acids is 1. The van der Waals surface area contributed by atoms with Crippen LogP contribution in [0.3, 0.4) is 0 Å². The predicted octanol–water partition coefficient (Wildman–Crippen LogP) is 3.77. The number of nitrogens with one attached hydrogen (secondary N) is 1. The number of anilines is 1. The Hall–Kier alpha value is -2.34. The van der Waals surface area contributed by atoms with Crippen molar-refractivity contribution in [3.8, 4) is 0 Å². The summed E-state index contributed by atoms with van der Waals surface area (Å²) in [4.78, 5) is 12.2. The van der Waals surface area contributed by atoms with E-state index in [-0.39, 0.29) is 18.4 Å². The Balaban J connectivity index is 1.89. The first kappa shape index (κ1) is 22.0. The van der Waals surface area contributed by atoms with Crippen LogP contribution in [-0.4, -0.2) is 33.7 Å². The van der Waals surface area contributed by atoms with Gasteiger partial charge in [-0.25, -0.2) is 8.42 Å². The summed E-state index contributed by atoms with van der Waals surface area (Å²) in [5, 5.41) is 2.94. The molecule has 28 heavy (non-hydrogen) atoms. The maximum Gasteiger partial charge on any atom is 0.232 e. The minimum Gasteiger partial charge on any atom is -0.356 e. The minimum atomic E-state index is -3.41. The van der Waals surface area contributed by atoms with Crippen molar-refractivity contribution in [1.82, 2.24) is 5.32 Å². The lowest BCUT2D eigenvalue weighted by Crippen LogP contribution is -2.32. The SMILES string of the molecule is Cc1cc(C)cc(N(CCCC(=O)NCC(C)c2ccccc2)S(C)(=O)=O)c1. The van der Waals surface area contributed by atoms with Gasteiger partial charge in [-0.1, -0.05) is 43.3 Å². The number of nitrogens with zero attached hydrogens (tertiary/aromatic N) is 1. The smallest absolute Gasteiger partial charge is 0.232 e. The Labute approximate surface area is 168 Å². The minimum absolute atomic E-state index is 0.0587. The largest absolute Gasteiger partial charge is 0.356 e. The van der Waals surface area contributed by atoms with E-state index in [9.17, 15) is 13.2 Å². The molecule has 0 aromatic heterocycles. The second-order valence-corrected chi connectivity index (χ2v) is 9.31. The molecular formula is C22H30N2O3S. The van der Waals surface area contributed by atoms with Gasteiger partial charge in [-0.05, 0) is 55.0 Å². The van der Waals surface area contributed by atoms with Gasteiger partial charge in [0.25, 0.3) is 0 Å². The molecule has 0 heterocycles. The molecular weight excluding hydrogens is 372 g/mol. The van der Waals surface area contributed by atoms with Gasteiger partial charge in [0.2, 0.25) is 15.9 Å².